The lowest BCUT2D eigenvalue weighted by Crippen LogP contribution is -2.15. The summed E-state index contributed by atoms with van der Waals surface area (Å²) in [5, 5.41) is 10.3. The van der Waals surface area contributed by atoms with Crippen molar-refractivity contribution in [3.05, 3.63) is 42.0 Å². The van der Waals surface area contributed by atoms with E-state index in [2.05, 4.69) is 0 Å². The summed E-state index contributed by atoms with van der Waals surface area (Å²) in [4.78, 5) is 10.6. The summed E-state index contributed by atoms with van der Waals surface area (Å²) >= 11 is 0. The Morgan fingerprint density at radius 2 is 1.72 bits per heavy atom. The molecule has 2 rings (SSSR count). The van der Waals surface area contributed by atoms with Crippen LogP contribution in [0.25, 0.3) is 10.8 Å². The Balaban J connectivity index is 2.54. The Kier molecular flexibility index (Phi) is 3.09. The molecule has 0 saturated heterocycles. The molecule has 0 aliphatic heterocycles. The molecule has 0 aromatic heterocycles. The van der Waals surface area contributed by atoms with Crippen LogP contribution in [0, 0.1) is 6.92 Å². The predicted octanol–water partition coefficient (Wildman–Crippen LogP) is 2.01. The molecule has 0 saturated carbocycles. The molecule has 0 unspecified atom stereocenters. The van der Waals surface area contributed by atoms with Gasteiger partial charge in [-0.1, -0.05) is 29.8 Å². The number of sulfone groups is 1. The molecule has 4 nitrogen and oxygen atoms in total. The fraction of sp³-hybridized carbons (Fsp3) is 0.154. The van der Waals surface area contributed by atoms with Gasteiger partial charge < -0.3 is 5.11 Å². The second-order valence-electron chi connectivity index (χ2n) is 4.17. The van der Waals surface area contributed by atoms with Crippen LogP contribution in [-0.4, -0.2) is 25.2 Å². The average molecular weight is 264 g/mol. The summed E-state index contributed by atoms with van der Waals surface area (Å²) in [5.74, 6) is -2.23. The molecule has 0 atom stereocenters. The lowest BCUT2D eigenvalue weighted by atomic mass is 10.1. The highest BCUT2D eigenvalue weighted by Gasteiger charge is 2.18. The fourth-order valence-electron chi connectivity index (χ4n) is 1.78. The molecule has 94 valence electrons. The summed E-state index contributed by atoms with van der Waals surface area (Å²) in [7, 11) is -3.76. The predicted molar refractivity (Wildman–Crippen MR) is 68.4 cm³/mol. The van der Waals surface area contributed by atoms with Crippen LogP contribution < -0.4 is 0 Å². The van der Waals surface area contributed by atoms with Gasteiger partial charge in [-0.15, -0.1) is 0 Å². The maximum atomic E-state index is 11.8. The van der Waals surface area contributed by atoms with Crippen molar-refractivity contribution in [3.63, 3.8) is 0 Å². The molecular weight excluding hydrogens is 252 g/mol. The number of hydrogen-bond acceptors (Lipinski definition) is 3. The van der Waals surface area contributed by atoms with E-state index in [-0.39, 0.29) is 4.90 Å². The SMILES string of the molecule is Cc1ccc2cc(S(=O)(=O)CC(=O)O)ccc2c1. The van der Waals surface area contributed by atoms with Gasteiger partial charge in [0.15, 0.2) is 15.6 Å². The maximum Gasteiger partial charge on any atom is 0.319 e. The van der Waals surface area contributed by atoms with E-state index in [1.54, 1.807) is 6.07 Å². The molecule has 5 heteroatoms. The van der Waals surface area contributed by atoms with Gasteiger partial charge in [-0.05, 0) is 29.8 Å². The number of aliphatic carboxylic acids is 1. The van der Waals surface area contributed by atoms with Crippen LogP contribution in [0.2, 0.25) is 0 Å². The van der Waals surface area contributed by atoms with Gasteiger partial charge in [0.2, 0.25) is 0 Å². The van der Waals surface area contributed by atoms with Crippen LogP contribution in [-0.2, 0) is 14.6 Å². The van der Waals surface area contributed by atoms with Gasteiger partial charge >= 0.3 is 5.97 Å². The first-order chi connectivity index (χ1) is 8.38. The Labute approximate surface area is 105 Å². The van der Waals surface area contributed by atoms with Crippen LogP contribution >= 0.6 is 0 Å². The van der Waals surface area contributed by atoms with Crippen molar-refractivity contribution in [2.45, 2.75) is 11.8 Å². The van der Waals surface area contributed by atoms with Crippen LogP contribution in [0.15, 0.2) is 41.3 Å². The van der Waals surface area contributed by atoms with E-state index < -0.39 is 21.6 Å². The smallest absolute Gasteiger partial charge is 0.319 e. The van der Waals surface area contributed by atoms with E-state index in [1.165, 1.54) is 12.1 Å². The highest BCUT2D eigenvalue weighted by atomic mass is 32.2. The average Bonchev–Trinajstić information content (AvgIpc) is 2.26. The summed E-state index contributed by atoms with van der Waals surface area (Å²) in [6.45, 7) is 1.95. The van der Waals surface area contributed by atoms with Crippen molar-refractivity contribution in [2.24, 2.45) is 0 Å². The molecule has 2 aromatic carbocycles. The summed E-state index contributed by atoms with van der Waals surface area (Å²) < 4.78 is 23.5. The van der Waals surface area contributed by atoms with Gasteiger partial charge in [0, 0.05) is 0 Å². The Hall–Kier alpha value is -1.88. The number of carbonyl (C=O) groups is 1. The number of aryl methyl sites for hydroxylation is 1. The van der Waals surface area contributed by atoms with Crippen molar-refractivity contribution in [2.75, 3.05) is 5.75 Å². The molecule has 0 aliphatic rings. The summed E-state index contributed by atoms with van der Waals surface area (Å²) in [6, 6.07) is 10.3. The lowest BCUT2D eigenvalue weighted by Gasteiger charge is -2.04. The van der Waals surface area contributed by atoms with Gasteiger partial charge in [-0.25, -0.2) is 8.42 Å². The molecule has 0 heterocycles. The van der Waals surface area contributed by atoms with E-state index in [1.807, 2.05) is 25.1 Å². The molecule has 0 aliphatic carbocycles. The third-order valence-electron chi connectivity index (χ3n) is 2.64. The number of carboxylic acid groups (broad SMARTS) is 1. The minimum absolute atomic E-state index is 0.0428. The van der Waals surface area contributed by atoms with Crippen molar-refractivity contribution in [1.82, 2.24) is 0 Å². The zero-order chi connectivity index (χ0) is 13.3. The number of carboxylic acids is 1. The highest BCUT2D eigenvalue weighted by molar-refractivity contribution is 7.92. The number of hydrogen-bond donors (Lipinski definition) is 1. The zero-order valence-electron chi connectivity index (χ0n) is 9.75. The van der Waals surface area contributed by atoms with Gasteiger partial charge in [0.05, 0.1) is 4.90 Å². The van der Waals surface area contributed by atoms with E-state index in [0.717, 1.165) is 16.3 Å². The molecule has 0 amide bonds. The minimum Gasteiger partial charge on any atom is -0.480 e. The van der Waals surface area contributed by atoms with E-state index in [0.29, 0.717) is 0 Å². The molecule has 0 fully saturated rings. The largest absolute Gasteiger partial charge is 0.480 e. The minimum atomic E-state index is -3.76. The standard InChI is InChI=1S/C13H12O4S/c1-9-2-3-11-7-12(5-4-10(11)6-9)18(16,17)8-13(14)15/h2-7H,8H2,1H3,(H,14,15). The Bertz CT molecular complexity index is 717. The second-order valence-corrected chi connectivity index (χ2v) is 6.15. The number of benzene rings is 2. The molecule has 0 radical (unpaired) electrons. The first kappa shape index (κ1) is 12.6. The molecule has 2 aromatic rings. The molecular formula is C13H12O4S. The summed E-state index contributed by atoms with van der Waals surface area (Å²) in [5.41, 5.74) is 1.09. The van der Waals surface area contributed by atoms with Crippen molar-refractivity contribution >= 4 is 26.6 Å². The topological polar surface area (TPSA) is 71.4 Å². The summed E-state index contributed by atoms with van der Waals surface area (Å²) in [6.07, 6.45) is 0. The van der Waals surface area contributed by atoms with Crippen molar-refractivity contribution < 1.29 is 18.3 Å². The third-order valence-corrected chi connectivity index (χ3v) is 4.24. The fourth-order valence-corrected chi connectivity index (χ4v) is 2.86. The van der Waals surface area contributed by atoms with Crippen LogP contribution in [0.1, 0.15) is 5.56 Å². The van der Waals surface area contributed by atoms with Crippen molar-refractivity contribution in [1.29, 1.82) is 0 Å². The first-order valence-corrected chi connectivity index (χ1v) is 6.99. The normalized spacial score (nSPS) is 11.6. The Morgan fingerprint density at radius 3 is 2.39 bits per heavy atom. The molecule has 0 bridgehead atoms. The van der Waals surface area contributed by atoms with Gasteiger partial charge in [-0.2, -0.15) is 0 Å². The van der Waals surface area contributed by atoms with Crippen molar-refractivity contribution in [3.8, 4) is 0 Å². The molecule has 1 N–H and O–H groups in total. The van der Waals surface area contributed by atoms with E-state index >= 15 is 0 Å². The van der Waals surface area contributed by atoms with Crippen LogP contribution in [0.4, 0.5) is 0 Å². The quantitative estimate of drug-likeness (QED) is 0.920. The molecule has 18 heavy (non-hydrogen) atoms. The first-order valence-electron chi connectivity index (χ1n) is 5.33. The van der Waals surface area contributed by atoms with Gasteiger partial charge in [0.25, 0.3) is 0 Å². The van der Waals surface area contributed by atoms with Gasteiger partial charge in [-0.3, -0.25) is 4.79 Å². The van der Waals surface area contributed by atoms with E-state index in [4.69, 9.17) is 5.11 Å². The second kappa shape index (κ2) is 4.42. The third kappa shape index (κ3) is 2.51. The monoisotopic (exact) mass is 264 g/mol. The Morgan fingerprint density at radius 1 is 1.11 bits per heavy atom. The maximum absolute atomic E-state index is 11.8. The molecule has 0 spiro atoms. The zero-order valence-corrected chi connectivity index (χ0v) is 10.6. The van der Waals surface area contributed by atoms with Crippen LogP contribution in [0.3, 0.4) is 0 Å². The van der Waals surface area contributed by atoms with Gasteiger partial charge in [0.1, 0.15) is 0 Å². The van der Waals surface area contributed by atoms with Crippen LogP contribution in [0.5, 0.6) is 0 Å². The lowest BCUT2D eigenvalue weighted by molar-refractivity contribution is -0.134. The number of fused-ring (bicyclic) bond motifs is 1. The highest BCUT2D eigenvalue weighted by Crippen LogP contribution is 2.21. The number of rotatable bonds is 3. The van der Waals surface area contributed by atoms with E-state index in [9.17, 15) is 13.2 Å².